The lowest BCUT2D eigenvalue weighted by atomic mass is 9.95. The van der Waals surface area contributed by atoms with Gasteiger partial charge in [-0.3, -0.25) is 0 Å². The van der Waals surface area contributed by atoms with E-state index >= 15 is 0 Å². The molecule has 1 fully saturated rings. The number of rotatable bonds is 2. The second kappa shape index (κ2) is 4.09. The van der Waals surface area contributed by atoms with E-state index in [9.17, 15) is 4.39 Å². The summed E-state index contributed by atoms with van der Waals surface area (Å²) in [5.41, 5.74) is 2.37. The fraction of sp³-hybridized carbons (Fsp3) is 0.500. The molecular formula is C12H16FN. The Bertz CT molecular complexity index is 316. The smallest absolute Gasteiger partial charge is 0.123 e. The van der Waals surface area contributed by atoms with E-state index in [1.165, 1.54) is 12.0 Å². The van der Waals surface area contributed by atoms with Crippen molar-refractivity contribution in [1.29, 1.82) is 0 Å². The SMILES string of the molecule is Cc1cc(F)ccc1CC1CCNC1. The molecule has 2 rings (SSSR count). The lowest BCUT2D eigenvalue weighted by Crippen LogP contribution is -2.11. The number of hydrogen-bond donors (Lipinski definition) is 1. The maximum Gasteiger partial charge on any atom is 0.123 e. The summed E-state index contributed by atoms with van der Waals surface area (Å²) >= 11 is 0. The Balaban J connectivity index is 2.08. The van der Waals surface area contributed by atoms with Crippen LogP contribution in [0.1, 0.15) is 17.5 Å². The molecule has 0 bridgehead atoms. The maximum atomic E-state index is 12.8. The predicted molar refractivity (Wildman–Crippen MR) is 55.8 cm³/mol. The lowest BCUT2D eigenvalue weighted by molar-refractivity contribution is 0.575. The van der Waals surface area contributed by atoms with Crippen LogP contribution < -0.4 is 5.32 Å². The van der Waals surface area contributed by atoms with Crippen LogP contribution >= 0.6 is 0 Å². The molecule has 1 aromatic rings. The monoisotopic (exact) mass is 193 g/mol. The molecule has 0 radical (unpaired) electrons. The Labute approximate surface area is 84.3 Å². The van der Waals surface area contributed by atoms with Crippen LogP contribution in [0, 0.1) is 18.7 Å². The molecular weight excluding hydrogens is 177 g/mol. The summed E-state index contributed by atoms with van der Waals surface area (Å²) in [6, 6.07) is 5.10. The molecule has 0 saturated carbocycles. The minimum absolute atomic E-state index is 0.129. The van der Waals surface area contributed by atoms with E-state index in [1.807, 2.05) is 13.0 Å². The molecule has 14 heavy (non-hydrogen) atoms. The van der Waals surface area contributed by atoms with Gasteiger partial charge in [0, 0.05) is 0 Å². The first-order chi connectivity index (χ1) is 6.75. The van der Waals surface area contributed by atoms with Gasteiger partial charge in [0.05, 0.1) is 0 Å². The van der Waals surface area contributed by atoms with E-state index in [4.69, 9.17) is 0 Å². The first kappa shape index (κ1) is 9.66. The van der Waals surface area contributed by atoms with Gasteiger partial charge in [0.25, 0.3) is 0 Å². The highest BCUT2D eigenvalue weighted by Crippen LogP contribution is 2.18. The van der Waals surface area contributed by atoms with E-state index in [1.54, 1.807) is 12.1 Å². The van der Waals surface area contributed by atoms with Crippen LogP contribution in [0.15, 0.2) is 18.2 Å². The van der Waals surface area contributed by atoms with Crippen molar-refractivity contribution in [2.75, 3.05) is 13.1 Å². The fourth-order valence-corrected chi connectivity index (χ4v) is 2.09. The van der Waals surface area contributed by atoms with Gasteiger partial charge in [-0.2, -0.15) is 0 Å². The van der Waals surface area contributed by atoms with Gasteiger partial charge in [-0.15, -0.1) is 0 Å². The van der Waals surface area contributed by atoms with Gasteiger partial charge in [0.15, 0.2) is 0 Å². The van der Waals surface area contributed by atoms with E-state index in [0.29, 0.717) is 0 Å². The van der Waals surface area contributed by atoms with E-state index in [0.717, 1.165) is 31.0 Å². The van der Waals surface area contributed by atoms with Gasteiger partial charge in [0.1, 0.15) is 5.82 Å². The highest BCUT2D eigenvalue weighted by atomic mass is 19.1. The first-order valence-electron chi connectivity index (χ1n) is 5.21. The van der Waals surface area contributed by atoms with Crippen molar-refractivity contribution in [1.82, 2.24) is 5.32 Å². The molecule has 0 aromatic heterocycles. The molecule has 1 aliphatic heterocycles. The molecule has 0 spiro atoms. The molecule has 1 atom stereocenters. The summed E-state index contributed by atoms with van der Waals surface area (Å²) in [6.07, 6.45) is 2.33. The largest absolute Gasteiger partial charge is 0.316 e. The molecule has 1 unspecified atom stereocenters. The standard InChI is InChI=1S/C12H16FN/c1-9-6-12(13)3-2-11(9)7-10-4-5-14-8-10/h2-3,6,10,14H,4-5,7-8H2,1H3. The summed E-state index contributed by atoms with van der Waals surface area (Å²) < 4.78 is 12.8. The molecule has 76 valence electrons. The van der Waals surface area contributed by atoms with Gasteiger partial charge < -0.3 is 5.32 Å². The number of nitrogens with one attached hydrogen (secondary N) is 1. The van der Waals surface area contributed by atoms with Crippen molar-refractivity contribution < 1.29 is 4.39 Å². The van der Waals surface area contributed by atoms with Crippen molar-refractivity contribution in [3.05, 3.63) is 35.1 Å². The van der Waals surface area contributed by atoms with Gasteiger partial charge in [-0.1, -0.05) is 6.07 Å². The van der Waals surface area contributed by atoms with Crippen molar-refractivity contribution in [2.45, 2.75) is 19.8 Å². The summed E-state index contributed by atoms with van der Waals surface area (Å²) in [4.78, 5) is 0. The molecule has 0 aliphatic carbocycles. The van der Waals surface area contributed by atoms with Crippen LogP contribution in [0.3, 0.4) is 0 Å². The summed E-state index contributed by atoms with van der Waals surface area (Å²) in [7, 11) is 0. The van der Waals surface area contributed by atoms with Crippen LogP contribution in [0.4, 0.5) is 4.39 Å². The predicted octanol–water partition coefficient (Wildman–Crippen LogP) is 2.29. The van der Waals surface area contributed by atoms with Crippen LogP contribution in [0.5, 0.6) is 0 Å². The quantitative estimate of drug-likeness (QED) is 0.760. The van der Waals surface area contributed by atoms with E-state index in [-0.39, 0.29) is 5.82 Å². The Hall–Kier alpha value is -0.890. The number of aryl methyl sites for hydroxylation is 1. The highest BCUT2D eigenvalue weighted by molar-refractivity contribution is 5.27. The Morgan fingerprint density at radius 3 is 3.00 bits per heavy atom. The Morgan fingerprint density at radius 1 is 1.50 bits per heavy atom. The molecule has 1 saturated heterocycles. The van der Waals surface area contributed by atoms with Crippen molar-refractivity contribution in [3.8, 4) is 0 Å². The maximum absolute atomic E-state index is 12.8. The van der Waals surface area contributed by atoms with E-state index < -0.39 is 0 Å². The topological polar surface area (TPSA) is 12.0 Å². The zero-order valence-electron chi connectivity index (χ0n) is 8.52. The highest BCUT2D eigenvalue weighted by Gasteiger charge is 2.15. The summed E-state index contributed by atoms with van der Waals surface area (Å²) in [6.45, 7) is 4.22. The minimum Gasteiger partial charge on any atom is -0.316 e. The Morgan fingerprint density at radius 2 is 2.36 bits per heavy atom. The normalized spacial score (nSPS) is 21.4. The molecule has 1 aliphatic rings. The second-order valence-corrected chi connectivity index (χ2v) is 4.13. The first-order valence-corrected chi connectivity index (χ1v) is 5.21. The number of benzene rings is 1. The molecule has 2 heteroatoms. The summed E-state index contributed by atoms with van der Waals surface area (Å²) in [5, 5.41) is 3.35. The molecule has 1 aromatic carbocycles. The zero-order valence-corrected chi connectivity index (χ0v) is 8.52. The molecule has 0 amide bonds. The minimum atomic E-state index is -0.129. The van der Waals surface area contributed by atoms with Gasteiger partial charge in [0.2, 0.25) is 0 Å². The number of halogens is 1. The van der Waals surface area contributed by atoms with Gasteiger partial charge in [-0.05, 0) is 62.0 Å². The zero-order chi connectivity index (χ0) is 9.97. The van der Waals surface area contributed by atoms with Crippen molar-refractivity contribution in [3.63, 3.8) is 0 Å². The van der Waals surface area contributed by atoms with Crippen LogP contribution in [0.2, 0.25) is 0 Å². The number of hydrogen-bond acceptors (Lipinski definition) is 1. The van der Waals surface area contributed by atoms with Gasteiger partial charge >= 0.3 is 0 Å². The fourth-order valence-electron chi connectivity index (χ4n) is 2.09. The van der Waals surface area contributed by atoms with Crippen molar-refractivity contribution in [2.24, 2.45) is 5.92 Å². The van der Waals surface area contributed by atoms with Crippen LogP contribution in [0.25, 0.3) is 0 Å². The van der Waals surface area contributed by atoms with Crippen molar-refractivity contribution >= 4 is 0 Å². The van der Waals surface area contributed by atoms with Crippen LogP contribution in [-0.4, -0.2) is 13.1 Å². The third-order valence-electron chi connectivity index (χ3n) is 2.98. The average molecular weight is 193 g/mol. The van der Waals surface area contributed by atoms with Gasteiger partial charge in [-0.25, -0.2) is 4.39 Å². The molecule has 1 heterocycles. The Kier molecular flexibility index (Phi) is 2.82. The van der Waals surface area contributed by atoms with E-state index in [2.05, 4.69) is 5.32 Å². The van der Waals surface area contributed by atoms with Crippen LogP contribution in [-0.2, 0) is 6.42 Å². The molecule has 1 N–H and O–H groups in total. The summed E-state index contributed by atoms with van der Waals surface area (Å²) in [5.74, 6) is 0.606. The average Bonchev–Trinajstić information content (AvgIpc) is 2.62. The third-order valence-corrected chi connectivity index (χ3v) is 2.98. The second-order valence-electron chi connectivity index (χ2n) is 4.13. The lowest BCUT2D eigenvalue weighted by Gasteiger charge is -2.10. The third kappa shape index (κ3) is 2.13. The molecule has 1 nitrogen and oxygen atoms in total.